The van der Waals surface area contributed by atoms with Gasteiger partial charge in [0.25, 0.3) is 0 Å². The maximum Gasteiger partial charge on any atom is 0.333 e. The Balaban J connectivity index is 2.54. The standard InChI is InChI=1S/C12H18N4O5/c1-3-4-15-11(10(16(20)21)7(2)13-15)14-6-8(17)5-9(14)12(18)19/h8-9,17H,3-6H2,1-2H3,(H,18,19). The summed E-state index contributed by atoms with van der Waals surface area (Å²) in [7, 11) is 0. The average molecular weight is 298 g/mol. The summed E-state index contributed by atoms with van der Waals surface area (Å²) in [4.78, 5) is 23.5. The number of rotatable bonds is 5. The number of nitro groups is 1. The van der Waals surface area contributed by atoms with Gasteiger partial charge in [0, 0.05) is 19.5 Å². The van der Waals surface area contributed by atoms with Crippen molar-refractivity contribution in [1.82, 2.24) is 9.78 Å². The third-order valence-electron chi connectivity index (χ3n) is 3.52. The molecule has 1 saturated heterocycles. The predicted molar refractivity (Wildman–Crippen MR) is 73.3 cm³/mol. The number of anilines is 1. The molecule has 116 valence electrons. The lowest BCUT2D eigenvalue weighted by Crippen LogP contribution is -2.37. The zero-order valence-electron chi connectivity index (χ0n) is 11.9. The second-order valence-corrected chi connectivity index (χ2v) is 5.13. The van der Waals surface area contributed by atoms with Crippen molar-refractivity contribution in [2.24, 2.45) is 0 Å². The van der Waals surface area contributed by atoms with Crippen LogP contribution in [0.2, 0.25) is 0 Å². The minimum Gasteiger partial charge on any atom is -0.480 e. The van der Waals surface area contributed by atoms with Crippen molar-refractivity contribution in [1.29, 1.82) is 0 Å². The summed E-state index contributed by atoms with van der Waals surface area (Å²) in [5, 5.41) is 34.4. The van der Waals surface area contributed by atoms with Crippen LogP contribution in [0.4, 0.5) is 11.5 Å². The van der Waals surface area contributed by atoms with E-state index in [1.54, 1.807) is 0 Å². The Hall–Kier alpha value is -2.16. The van der Waals surface area contributed by atoms with Crippen molar-refractivity contribution in [2.75, 3.05) is 11.4 Å². The van der Waals surface area contributed by atoms with E-state index in [2.05, 4.69) is 5.10 Å². The maximum atomic E-state index is 11.3. The van der Waals surface area contributed by atoms with E-state index in [1.165, 1.54) is 16.5 Å². The molecule has 9 heteroatoms. The molecule has 0 amide bonds. The molecule has 2 heterocycles. The van der Waals surface area contributed by atoms with Gasteiger partial charge in [0.15, 0.2) is 0 Å². The first kappa shape index (κ1) is 15.2. The summed E-state index contributed by atoms with van der Waals surface area (Å²) < 4.78 is 1.46. The monoisotopic (exact) mass is 298 g/mol. The summed E-state index contributed by atoms with van der Waals surface area (Å²) in [6, 6.07) is -0.981. The molecular formula is C12H18N4O5. The lowest BCUT2D eigenvalue weighted by molar-refractivity contribution is -0.384. The lowest BCUT2D eigenvalue weighted by atomic mass is 10.2. The highest BCUT2D eigenvalue weighted by Crippen LogP contribution is 2.36. The molecule has 1 fully saturated rings. The zero-order chi connectivity index (χ0) is 15.7. The van der Waals surface area contributed by atoms with Gasteiger partial charge in [0.05, 0.1) is 11.0 Å². The van der Waals surface area contributed by atoms with Gasteiger partial charge in [-0.15, -0.1) is 0 Å². The molecule has 1 aromatic heterocycles. The SMILES string of the molecule is CCCn1nc(C)c([N+](=O)[O-])c1N1CC(O)CC1C(=O)O. The molecule has 2 atom stereocenters. The van der Waals surface area contributed by atoms with E-state index < -0.39 is 23.0 Å². The summed E-state index contributed by atoms with van der Waals surface area (Å²) in [6.45, 7) is 3.92. The molecule has 0 aromatic carbocycles. The highest BCUT2D eigenvalue weighted by molar-refractivity contribution is 5.80. The maximum absolute atomic E-state index is 11.3. The number of aliphatic hydroxyl groups excluding tert-OH is 1. The number of carbonyl (C=O) groups is 1. The number of nitrogens with zero attached hydrogens (tertiary/aromatic N) is 4. The van der Waals surface area contributed by atoms with Gasteiger partial charge in [0.1, 0.15) is 11.7 Å². The van der Waals surface area contributed by atoms with Gasteiger partial charge < -0.3 is 15.1 Å². The summed E-state index contributed by atoms with van der Waals surface area (Å²) >= 11 is 0. The topological polar surface area (TPSA) is 122 Å². The Kier molecular flexibility index (Phi) is 4.12. The third kappa shape index (κ3) is 2.68. The average Bonchev–Trinajstić information content (AvgIpc) is 2.90. The number of aliphatic carboxylic acids is 1. The van der Waals surface area contributed by atoms with Crippen LogP contribution in [0.5, 0.6) is 0 Å². The van der Waals surface area contributed by atoms with Gasteiger partial charge in [-0.2, -0.15) is 5.10 Å². The highest BCUT2D eigenvalue weighted by Gasteiger charge is 2.42. The van der Waals surface area contributed by atoms with E-state index in [-0.39, 0.29) is 30.2 Å². The Labute approximate surface area is 120 Å². The molecule has 2 rings (SSSR count). The smallest absolute Gasteiger partial charge is 0.333 e. The zero-order valence-corrected chi connectivity index (χ0v) is 11.9. The lowest BCUT2D eigenvalue weighted by Gasteiger charge is -2.23. The molecule has 2 N–H and O–H groups in total. The van der Waals surface area contributed by atoms with Gasteiger partial charge in [-0.1, -0.05) is 6.92 Å². The Morgan fingerprint density at radius 1 is 1.57 bits per heavy atom. The molecule has 21 heavy (non-hydrogen) atoms. The quantitative estimate of drug-likeness (QED) is 0.600. The first-order valence-electron chi connectivity index (χ1n) is 6.76. The Bertz CT molecular complexity index is 570. The summed E-state index contributed by atoms with van der Waals surface area (Å²) in [5.74, 6) is -0.939. The highest BCUT2D eigenvalue weighted by atomic mass is 16.6. The number of carboxylic acids is 1. The third-order valence-corrected chi connectivity index (χ3v) is 3.52. The number of hydrogen-bond acceptors (Lipinski definition) is 6. The Morgan fingerprint density at radius 3 is 2.76 bits per heavy atom. The van der Waals surface area contributed by atoms with Crippen LogP contribution >= 0.6 is 0 Å². The Morgan fingerprint density at radius 2 is 2.24 bits per heavy atom. The van der Waals surface area contributed by atoms with Crippen molar-refractivity contribution >= 4 is 17.5 Å². The molecule has 2 unspecified atom stereocenters. The second-order valence-electron chi connectivity index (χ2n) is 5.13. The number of β-amino-alcohol motifs (C(OH)–C–C–N with tert-alkyl or cyclic N) is 1. The van der Waals surface area contributed by atoms with Crippen LogP contribution in [0.15, 0.2) is 0 Å². The van der Waals surface area contributed by atoms with Crippen molar-refractivity contribution in [3.05, 3.63) is 15.8 Å². The molecule has 1 aliphatic rings. The molecule has 1 aliphatic heterocycles. The van der Waals surface area contributed by atoms with E-state index in [4.69, 9.17) is 0 Å². The van der Waals surface area contributed by atoms with Crippen LogP contribution in [0, 0.1) is 17.0 Å². The fourth-order valence-corrected chi connectivity index (χ4v) is 2.71. The summed E-state index contributed by atoms with van der Waals surface area (Å²) in [6.07, 6.45) is -0.0709. The largest absolute Gasteiger partial charge is 0.480 e. The van der Waals surface area contributed by atoms with Gasteiger partial charge in [-0.05, 0) is 13.3 Å². The van der Waals surface area contributed by atoms with Crippen molar-refractivity contribution < 1.29 is 19.9 Å². The molecule has 0 spiro atoms. The van der Waals surface area contributed by atoms with E-state index in [0.717, 1.165) is 0 Å². The first-order chi connectivity index (χ1) is 9.86. The van der Waals surface area contributed by atoms with Gasteiger partial charge in [-0.3, -0.25) is 10.1 Å². The second kappa shape index (κ2) is 5.68. The molecule has 0 bridgehead atoms. The number of hydrogen-bond donors (Lipinski definition) is 2. The van der Waals surface area contributed by atoms with E-state index in [0.29, 0.717) is 13.0 Å². The summed E-state index contributed by atoms with van der Waals surface area (Å²) in [5.41, 5.74) is 0.0535. The molecular weight excluding hydrogens is 280 g/mol. The van der Waals surface area contributed by atoms with E-state index in [9.17, 15) is 25.1 Å². The van der Waals surface area contributed by atoms with Gasteiger partial charge >= 0.3 is 11.7 Å². The van der Waals surface area contributed by atoms with Crippen LogP contribution in [0.1, 0.15) is 25.5 Å². The fourth-order valence-electron chi connectivity index (χ4n) is 2.71. The van der Waals surface area contributed by atoms with Crippen LogP contribution in [-0.2, 0) is 11.3 Å². The fraction of sp³-hybridized carbons (Fsp3) is 0.667. The molecule has 9 nitrogen and oxygen atoms in total. The van der Waals surface area contributed by atoms with Crippen LogP contribution in [-0.4, -0.2) is 49.6 Å². The van der Waals surface area contributed by atoms with E-state index >= 15 is 0 Å². The van der Waals surface area contributed by atoms with Gasteiger partial charge in [0.2, 0.25) is 5.82 Å². The molecule has 0 saturated carbocycles. The number of aromatic nitrogens is 2. The van der Waals surface area contributed by atoms with E-state index in [1.807, 2.05) is 6.92 Å². The molecule has 1 aromatic rings. The van der Waals surface area contributed by atoms with Crippen LogP contribution < -0.4 is 4.90 Å². The van der Waals surface area contributed by atoms with Crippen molar-refractivity contribution in [3.8, 4) is 0 Å². The number of aliphatic hydroxyl groups is 1. The normalized spacial score (nSPS) is 21.8. The van der Waals surface area contributed by atoms with Crippen molar-refractivity contribution in [2.45, 2.75) is 45.4 Å². The van der Waals surface area contributed by atoms with Gasteiger partial charge in [-0.25, -0.2) is 9.48 Å². The molecule has 0 radical (unpaired) electrons. The minimum absolute atomic E-state index is 0.0445. The molecule has 0 aliphatic carbocycles. The van der Waals surface area contributed by atoms with Crippen LogP contribution in [0.3, 0.4) is 0 Å². The number of aryl methyl sites for hydroxylation is 2. The number of carboxylic acid groups (broad SMARTS) is 1. The predicted octanol–water partition coefficient (Wildman–Crippen LogP) is 0.534. The first-order valence-corrected chi connectivity index (χ1v) is 6.76. The minimum atomic E-state index is -1.11. The van der Waals surface area contributed by atoms with Crippen molar-refractivity contribution in [3.63, 3.8) is 0 Å². The van der Waals surface area contributed by atoms with Crippen LogP contribution in [0.25, 0.3) is 0 Å².